The van der Waals surface area contributed by atoms with Gasteiger partial charge in [0.25, 0.3) is 0 Å². The zero-order valence-electron chi connectivity index (χ0n) is 15.1. The molecular weight excluding hydrogens is 385 g/mol. The van der Waals surface area contributed by atoms with Crippen LogP contribution in [0.1, 0.15) is 12.7 Å². The van der Waals surface area contributed by atoms with E-state index in [0.29, 0.717) is 22.9 Å². The Kier molecular flexibility index (Phi) is 5.52. The predicted octanol–water partition coefficient (Wildman–Crippen LogP) is 2.22. The first-order chi connectivity index (χ1) is 13.3. The van der Waals surface area contributed by atoms with E-state index in [9.17, 15) is 17.6 Å². The first-order valence-electron chi connectivity index (χ1n) is 8.33. The Balaban J connectivity index is 1.72. The van der Waals surface area contributed by atoms with Gasteiger partial charge in [0.05, 0.1) is 6.04 Å². The number of rotatable bonds is 6. The Morgan fingerprint density at radius 2 is 1.93 bits per heavy atom. The second-order valence-electron chi connectivity index (χ2n) is 6.09. The number of hydrogen-bond acceptors (Lipinski definition) is 5. The summed E-state index contributed by atoms with van der Waals surface area (Å²) in [5.74, 6) is -0.358. The summed E-state index contributed by atoms with van der Waals surface area (Å²) in [5.41, 5.74) is 1.13. The predicted molar refractivity (Wildman–Crippen MR) is 101 cm³/mol. The number of carbonyl (C=O) groups excluding carboxylic acids is 1. The summed E-state index contributed by atoms with van der Waals surface area (Å²) in [7, 11) is -4.19. The van der Waals surface area contributed by atoms with E-state index in [0.717, 1.165) is 12.1 Å². The standard InChI is InChI=1S/C18H18FN5O3S/c1-11(24-28(26,27)16-9-4-3-8-15(16)19)18(25)21-14-7-5-6-13(10-14)17-20-12(2)22-23-17/h3-11,24H,1-2H3,(H,21,25)(H,20,22,23)/t11-/m0/s1. The number of anilines is 1. The molecule has 0 saturated heterocycles. The number of H-pyrrole nitrogens is 1. The molecule has 3 N–H and O–H groups in total. The molecule has 0 fully saturated rings. The number of nitrogens with one attached hydrogen (secondary N) is 3. The van der Waals surface area contributed by atoms with Crippen LogP contribution in [0, 0.1) is 12.7 Å². The average Bonchev–Trinajstić information content (AvgIpc) is 3.08. The van der Waals surface area contributed by atoms with E-state index in [1.165, 1.54) is 19.1 Å². The molecule has 146 valence electrons. The van der Waals surface area contributed by atoms with Crippen LogP contribution in [0.4, 0.5) is 10.1 Å². The summed E-state index contributed by atoms with van der Waals surface area (Å²) in [5, 5.41) is 9.41. The third-order valence-electron chi connectivity index (χ3n) is 3.84. The maximum absolute atomic E-state index is 13.8. The highest BCUT2D eigenvalue weighted by molar-refractivity contribution is 7.89. The van der Waals surface area contributed by atoms with Crippen LogP contribution in [0.25, 0.3) is 11.4 Å². The fourth-order valence-electron chi connectivity index (χ4n) is 2.47. The molecule has 1 heterocycles. The number of aromatic amines is 1. The van der Waals surface area contributed by atoms with Crippen molar-refractivity contribution in [1.29, 1.82) is 0 Å². The largest absolute Gasteiger partial charge is 0.325 e. The number of benzene rings is 2. The molecule has 0 saturated carbocycles. The molecule has 0 aliphatic carbocycles. The van der Waals surface area contributed by atoms with Crippen LogP contribution < -0.4 is 10.0 Å². The molecule has 10 heteroatoms. The summed E-state index contributed by atoms with van der Waals surface area (Å²) >= 11 is 0. The van der Waals surface area contributed by atoms with E-state index in [2.05, 4.69) is 25.2 Å². The minimum absolute atomic E-state index is 0.446. The number of hydrogen-bond donors (Lipinski definition) is 3. The fourth-order valence-corrected chi connectivity index (χ4v) is 3.75. The molecule has 3 aromatic rings. The molecule has 0 radical (unpaired) electrons. The zero-order chi connectivity index (χ0) is 20.3. The van der Waals surface area contributed by atoms with Gasteiger partial charge in [0.15, 0.2) is 5.82 Å². The van der Waals surface area contributed by atoms with Crippen molar-refractivity contribution in [3.05, 3.63) is 60.2 Å². The monoisotopic (exact) mass is 403 g/mol. The Morgan fingerprint density at radius 3 is 2.61 bits per heavy atom. The third-order valence-corrected chi connectivity index (χ3v) is 5.41. The van der Waals surface area contributed by atoms with Gasteiger partial charge in [-0.25, -0.2) is 17.8 Å². The second-order valence-corrected chi connectivity index (χ2v) is 7.77. The number of carbonyl (C=O) groups is 1. The van der Waals surface area contributed by atoms with Gasteiger partial charge in [-0.15, -0.1) is 0 Å². The number of aryl methyl sites for hydroxylation is 1. The maximum atomic E-state index is 13.8. The Bertz CT molecular complexity index is 1110. The molecule has 3 rings (SSSR count). The topological polar surface area (TPSA) is 117 Å². The van der Waals surface area contributed by atoms with E-state index < -0.39 is 32.7 Å². The van der Waals surface area contributed by atoms with Gasteiger partial charge >= 0.3 is 0 Å². The van der Waals surface area contributed by atoms with Crippen molar-refractivity contribution >= 4 is 21.6 Å². The van der Waals surface area contributed by atoms with E-state index in [1.807, 2.05) is 0 Å². The highest BCUT2D eigenvalue weighted by Crippen LogP contribution is 2.20. The Labute approximate surface area is 161 Å². The van der Waals surface area contributed by atoms with Gasteiger partial charge in [-0.1, -0.05) is 24.3 Å². The van der Waals surface area contributed by atoms with Crippen LogP contribution in [0.2, 0.25) is 0 Å². The molecule has 0 bridgehead atoms. The quantitative estimate of drug-likeness (QED) is 0.583. The molecule has 1 atom stereocenters. The summed E-state index contributed by atoms with van der Waals surface area (Å²) in [6, 6.07) is 10.6. The molecule has 28 heavy (non-hydrogen) atoms. The molecule has 0 aliphatic rings. The van der Waals surface area contributed by atoms with Gasteiger partial charge in [-0.05, 0) is 38.1 Å². The lowest BCUT2D eigenvalue weighted by atomic mass is 10.2. The van der Waals surface area contributed by atoms with Crippen LogP contribution in [0.15, 0.2) is 53.4 Å². The minimum Gasteiger partial charge on any atom is -0.325 e. The summed E-state index contributed by atoms with van der Waals surface area (Å²) < 4.78 is 40.6. The van der Waals surface area contributed by atoms with Crippen LogP contribution in [0.5, 0.6) is 0 Å². The summed E-state index contributed by atoms with van der Waals surface area (Å²) in [6.07, 6.45) is 0. The van der Waals surface area contributed by atoms with Gasteiger partial charge in [0.2, 0.25) is 15.9 Å². The first kappa shape index (κ1) is 19.6. The lowest BCUT2D eigenvalue weighted by Gasteiger charge is -2.15. The number of aromatic nitrogens is 3. The molecule has 1 amide bonds. The molecule has 0 spiro atoms. The lowest BCUT2D eigenvalue weighted by Crippen LogP contribution is -2.41. The van der Waals surface area contributed by atoms with Crippen molar-refractivity contribution in [3.8, 4) is 11.4 Å². The number of nitrogens with zero attached hydrogens (tertiary/aromatic N) is 2. The minimum atomic E-state index is -4.19. The van der Waals surface area contributed by atoms with Crippen LogP contribution in [-0.2, 0) is 14.8 Å². The van der Waals surface area contributed by atoms with Crippen LogP contribution in [0.3, 0.4) is 0 Å². The average molecular weight is 403 g/mol. The van der Waals surface area contributed by atoms with Gasteiger partial charge in [-0.2, -0.15) is 9.82 Å². The van der Waals surface area contributed by atoms with Gasteiger partial charge in [0, 0.05) is 11.3 Å². The molecule has 2 aromatic carbocycles. The van der Waals surface area contributed by atoms with Gasteiger partial charge in [0.1, 0.15) is 16.5 Å². The maximum Gasteiger partial charge on any atom is 0.244 e. The highest BCUT2D eigenvalue weighted by Gasteiger charge is 2.24. The first-order valence-corrected chi connectivity index (χ1v) is 9.82. The molecular formula is C18H18FN5O3S. The van der Waals surface area contributed by atoms with Crippen molar-refractivity contribution in [1.82, 2.24) is 19.9 Å². The van der Waals surface area contributed by atoms with E-state index >= 15 is 0 Å². The third kappa shape index (κ3) is 4.41. The number of halogens is 1. The summed E-state index contributed by atoms with van der Waals surface area (Å²) in [4.78, 5) is 16.1. The van der Waals surface area contributed by atoms with E-state index in [1.54, 1.807) is 31.2 Å². The van der Waals surface area contributed by atoms with Crippen LogP contribution in [-0.4, -0.2) is 35.5 Å². The van der Waals surface area contributed by atoms with Crippen LogP contribution >= 0.6 is 0 Å². The molecule has 0 unspecified atom stereocenters. The summed E-state index contributed by atoms with van der Waals surface area (Å²) in [6.45, 7) is 3.14. The zero-order valence-corrected chi connectivity index (χ0v) is 15.9. The van der Waals surface area contributed by atoms with Crippen molar-refractivity contribution in [2.24, 2.45) is 0 Å². The Morgan fingerprint density at radius 1 is 1.18 bits per heavy atom. The molecule has 1 aromatic heterocycles. The normalized spacial score (nSPS) is 12.5. The van der Waals surface area contributed by atoms with Gasteiger partial charge in [-0.3, -0.25) is 9.89 Å². The van der Waals surface area contributed by atoms with Crippen molar-refractivity contribution in [2.75, 3.05) is 5.32 Å². The van der Waals surface area contributed by atoms with E-state index in [4.69, 9.17) is 0 Å². The number of amides is 1. The van der Waals surface area contributed by atoms with Gasteiger partial charge < -0.3 is 5.32 Å². The lowest BCUT2D eigenvalue weighted by molar-refractivity contribution is -0.117. The second kappa shape index (κ2) is 7.87. The number of sulfonamides is 1. The fraction of sp³-hybridized carbons (Fsp3) is 0.167. The molecule has 8 nitrogen and oxygen atoms in total. The van der Waals surface area contributed by atoms with Crippen molar-refractivity contribution in [3.63, 3.8) is 0 Å². The van der Waals surface area contributed by atoms with Crippen molar-refractivity contribution < 1.29 is 17.6 Å². The molecule has 0 aliphatic heterocycles. The Hall–Kier alpha value is -3.11. The highest BCUT2D eigenvalue weighted by atomic mass is 32.2. The SMILES string of the molecule is Cc1nc(-c2cccc(NC(=O)[C@H](C)NS(=O)(=O)c3ccccc3F)c2)n[nH]1. The van der Waals surface area contributed by atoms with Crippen molar-refractivity contribution in [2.45, 2.75) is 24.8 Å². The smallest absolute Gasteiger partial charge is 0.244 e. The van der Waals surface area contributed by atoms with E-state index in [-0.39, 0.29) is 0 Å².